The maximum absolute atomic E-state index is 13.7. The van der Waals surface area contributed by atoms with Crippen LogP contribution in [0.15, 0.2) is 66.7 Å². The molecule has 0 amide bonds. The Balaban J connectivity index is 1.67. The first-order chi connectivity index (χ1) is 12.2. The van der Waals surface area contributed by atoms with Gasteiger partial charge in [0.15, 0.2) is 0 Å². The third-order valence-corrected chi connectivity index (χ3v) is 3.90. The predicted molar refractivity (Wildman–Crippen MR) is 92.2 cm³/mol. The van der Waals surface area contributed by atoms with Gasteiger partial charge in [-0.05, 0) is 42.0 Å². The van der Waals surface area contributed by atoms with E-state index in [0.29, 0.717) is 17.1 Å². The van der Waals surface area contributed by atoms with Gasteiger partial charge in [-0.2, -0.15) is 0 Å². The van der Waals surface area contributed by atoms with Crippen molar-refractivity contribution in [3.05, 3.63) is 83.9 Å². The number of hydrogen-bond acceptors (Lipinski definition) is 2. The number of imidazole rings is 1. The fourth-order valence-corrected chi connectivity index (χ4v) is 2.63. The lowest BCUT2D eigenvalue weighted by molar-refractivity contribution is 0.305. The van der Waals surface area contributed by atoms with Crippen LogP contribution in [0.1, 0.15) is 5.56 Å². The molecule has 0 aliphatic heterocycles. The largest absolute Gasteiger partial charge is 0.488 e. The Morgan fingerprint density at radius 1 is 0.880 bits per heavy atom. The number of nitrogens with one attached hydrogen (secondary N) is 1. The normalized spacial score (nSPS) is 11.0. The first-order valence-corrected chi connectivity index (χ1v) is 7.81. The number of ether oxygens (including phenoxy) is 1. The maximum atomic E-state index is 13.7. The summed E-state index contributed by atoms with van der Waals surface area (Å²) in [5.41, 5.74) is 3.18. The van der Waals surface area contributed by atoms with E-state index < -0.39 is 5.82 Å². The van der Waals surface area contributed by atoms with Gasteiger partial charge in [0.25, 0.3) is 0 Å². The van der Waals surface area contributed by atoms with Crippen LogP contribution in [0.25, 0.3) is 22.4 Å². The van der Waals surface area contributed by atoms with E-state index in [4.69, 9.17) is 4.74 Å². The van der Waals surface area contributed by atoms with Gasteiger partial charge in [0.05, 0.1) is 16.6 Å². The lowest BCUT2D eigenvalue weighted by atomic mass is 10.2. The van der Waals surface area contributed by atoms with Crippen LogP contribution in [-0.4, -0.2) is 9.97 Å². The molecular formula is C20H14F2N2O. The Morgan fingerprint density at radius 3 is 2.44 bits per heavy atom. The quantitative estimate of drug-likeness (QED) is 0.564. The summed E-state index contributed by atoms with van der Waals surface area (Å²) in [7, 11) is 0. The molecule has 3 aromatic carbocycles. The fraction of sp³-hybridized carbons (Fsp3) is 0.0500. The molecule has 0 radical (unpaired) electrons. The highest BCUT2D eigenvalue weighted by Gasteiger charge is 2.12. The number of halogens is 2. The second-order valence-electron chi connectivity index (χ2n) is 5.66. The van der Waals surface area contributed by atoms with Gasteiger partial charge in [0.1, 0.15) is 29.8 Å². The number of nitrogens with zero attached hydrogens (tertiary/aromatic N) is 1. The number of H-pyrrole nitrogens is 1. The van der Waals surface area contributed by atoms with Gasteiger partial charge in [0.2, 0.25) is 0 Å². The van der Waals surface area contributed by atoms with Crippen molar-refractivity contribution in [1.29, 1.82) is 0 Å². The van der Waals surface area contributed by atoms with Crippen LogP contribution in [0.3, 0.4) is 0 Å². The second kappa shape index (κ2) is 6.36. The molecule has 1 aromatic heterocycles. The lowest BCUT2D eigenvalue weighted by Gasteiger charge is -2.10. The van der Waals surface area contributed by atoms with Gasteiger partial charge >= 0.3 is 0 Å². The molecule has 0 fully saturated rings. The highest BCUT2D eigenvalue weighted by Crippen LogP contribution is 2.31. The van der Waals surface area contributed by atoms with Gasteiger partial charge in [-0.3, -0.25) is 0 Å². The minimum atomic E-state index is -0.394. The minimum Gasteiger partial charge on any atom is -0.488 e. The van der Waals surface area contributed by atoms with Crippen LogP contribution in [0.2, 0.25) is 0 Å². The van der Waals surface area contributed by atoms with Gasteiger partial charge in [-0.15, -0.1) is 0 Å². The molecule has 0 spiro atoms. The molecule has 0 unspecified atom stereocenters. The second-order valence-corrected chi connectivity index (χ2v) is 5.66. The molecule has 25 heavy (non-hydrogen) atoms. The van der Waals surface area contributed by atoms with E-state index in [-0.39, 0.29) is 12.4 Å². The van der Waals surface area contributed by atoms with Gasteiger partial charge in [0, 0.05) is 6.07 Å². The SMILES string of the molecule is Fc1ccc(COc2cc(F)ccc2-c2nc3ccccc3[nH]2)cc1. The first kappa shape index (κ1) is 15.3. The maximum Gasteiger partial charge on any atom is 0.142 e. The average Bonchev–Trinajstić information content (AvgIpc) is 3.05. The number of hydrogen-bond donors (Lipinski definition) is 1. The number of rotatable bonds is 4. The van der Waals surface area contributed by atoms with Crippen LogP contribution in [0.5, 0.6) is 5.75 Å². The third-order valence-electron chi connectivity index (χ3n) is 3.90. The van der Waals surface area contributed by atoms with E-state index in [9.17, 15) is 8.78 Å². The molecule has 4 rings (SSSR count). The average molecular weight is 336 g/mol. The molecule has 5 heteroatoms. The Hall–Kier alpha value is -3.21. The van der Waals surface area contributed by atoms with Crippen molar-refractivity contribution in [2.45, 2.75) is 6.61 Å². The summed E-state index contributed by atoms with van der Waals surface area (Å²) in [6.45, 7) is 0.205. The molecule has 4 aromatic rings. The molecule has 0 saturated carbocycles. The fourth-order valence-electron chi connectivity index (χ4n) is 2.63. The smallest absolute Gasteiger partial charge is 0.142 e. The monoisotopic (exact) mass is 336 g/mol. The summed E-state index contributed by atoms with van der Waals surface area (Å²) in [6.07, 6.45) is 0. The van der Waals surface area contributed by atoms with Gasteiger partial charge in [-0.1, -0.05) is 24.3 Å². The molecule has 1 heterocycles. The number of benzene rings is 3. The summed E-state index contributed by atoms with van der Waals surface area (Å²) in [4.78, 5) is 7.75. The van der Waals surface area contributed by atoms with E-state index in [0.717, 1.165) is 16.6 Å². The number of aromatic nitrogens is 2. The molecule has 0 aliphatic rings. The van der Waals surface area contributed by atoms with Crippen LogP contribution in [-0.2, 0) is 6.61 Å². The van der Waals surface area contributed by atoms with E-state index in [1.807, 2.05) is 24.3 Å². The topological polar surface area (TPSA) is 37.9 Å². The van der Waals surface area contributed by atoms with Crippen molar-refractivity contribution >= 4 is 11.0 Å². The van der Waals surface area contributed by atoms with Crippen molar-refractivity contribution in [2.75, 3.05) is 0 Å². The van der Waals surface area contributed by atoms with Gasteiger partial charge in [-0.25, -0.2) is 13.8 Å². The van der Waals surface area contributed by atoms with E-state index >= 15 is 0 Å². The van der Waals surface area contributed by atoms with Gasteiger partial charge < -0.3 is 9.72 Å². The highest BCUT2D eigenvalue weighted by molar-refractivity contribution is 5.80. The molecule has 0 saturated heterocycles. The number of para-hydroxylation sites is 2. The molecule has 124 valence electrons. The summed E-state index contributed by atoms with van der Waals surface area (Å²) in [5, 5.41) is 0. The van der Waals surface area contributed by atoms with E-state index in [2.05, 4.69) is 9.97 Å². The van der Waals surface area contributed by atoms with Crippen molar-refractivity contribution in [1.82, 2.24) is 9.97 Å². The van der Waals surface area contributed by atoms with E-state index in [1.165, 1.54) is 24.3 Å². The minimum absolute atomic E-state index is 0.205. The molecule has 0 aliphatic carbocycles. The summed E-state index contributed by atoms with van der Waals surface area (Å²) < 4.78 is 32.4. The summed E-state index contributed by atoms with van der Waals surface area (Å²) >= 11 is 0. The van der Waals surface area contributed by atoms with E-state index in [1.54, 1.807) is 18.2 Å². The molecule has 1 N–H and O–H groups in total. The molecule has 0 bridgehead atoms. The molecular weight excluding hydrogens is 322 g/mol. The van der Waals surface area contributed by atoms with Crippen LogP contribution in [0.4, 0.5) is 8.78 Å². The molecule has 3 nitrogen and oxygen atoms in total. The van der Waals surface area contributed by atoms with Crippen LogP contribution in [0, 0.1) is 11.6 Å². The Morgan fingerprint density at radius 2 is 1.64 bits per heavy atom. The van der Waals surface area contributed by atoms with Crippen LogP contribution < -0.4 is 4.74 Å². The van der Waals surface area contributed by atoms with Crippen LogP contribution >= 0.6 is 0 Å². The summed E-state index contributed by atoms with van der Waals surface area (Å²) in [6, 6.07) is 18.0. The zero-order valence-corrected chi connectivity index (χ0v) is 13.2. The highest BCUT2D eigenvalue weighted by atomic mass is 19.1. The zero-order valence-electron chi connectivity index (χ0n) is 13.2. The molecule has 0 atom stereocenters. The zero-order chi connectivity index (χ0) is 17.2. The Bertz CT molecular complexity index is 992. The summed E-state index contributed by atoms with van der Waals surface area (Å²) in [5.74, 6) is 0.283. The number of fused-ring (bicyclic) bond motifs is 1. The first-order valence-electron chi connectivity index (χ1n) is 7.81. The lowest BCUT2D eigenvalue weighted by Crippen LogP contribution is -1.98. The van der Waals surface area contributed by atoms with Crippen molar-refractivity contribution in [3.8, 4) is 17.1 Å². The Labute approximate surface area is 142 Å². The number of aromatic amines is 1. The van der Waals surface area contributed by atoms with Crippen molar-refractivity contribution in [3.63, 3.8) is 0 Å². The predicted octanol–water partition coefficient (Wildman–Crippen LogP) is 5.09. The Kier molecular flexibility index (Phi) is 3.90. The van der Waals surface area contributed by atoms with Crippen molar-refractivity contribution < 1.29 is 13.5 Å². The third kappa shape index (κ3) is 3.21. The standard InChI is InChI=1S/C20H14F2N2O/c21-14-7-5-13(6-8-14)12-25-19-11-15(22)9-10-16(19)20-23-17-3-1-2-4-18(17)24-20/h1-11H,12H2,(H,23,24). The van der Waals surface area contributed by atoms with Crippen molar-refractivity contribution in [2.24, 2.45) is 0 Å².